The third kappa shape index (κ3) is 4.24. The Kier molecular flexibility index (Phi) is 5.87. The van der Waals surface area contributed by atoms with Crippen molar-refractivity contribution in [2.75, 3.05) is 16.3 Å². The Balaban J connectivity index is 1.48. The maximum absolute atomic E-state index is 13.8. The zero-order valence-corrected chi connectivity index (χ0v) is 19.6. The van der Waals surface area contributed by atoms with E-state index in [4.69, 9.17) is 16.6 Å². The fourth-order valence-electron chi connectivity index (χ4n) is 4.12. The third-order valence-corrected chi connectivity index (χ3v) is 7.15. The lowest BCUT2D eigenvalue weighted by atomic mass is 10.1. The van der Waals surface area contributed by atoms with Crippen molar-refractivity contribution in [3.05, 3.63) is 83.4 Å². The molecule has 0 bridgehead atoms. The Morgan fingerprint density at radius 3 is 2.64 bits per heavy atom. The van der Waals surface area contributed by atoms with Crippen molar-refractivity contribution < 1.29 is 9.59 Å². The van der Waals surface area contributed by atoms with Gasteiger partial charge in [0, 0.05) is 23.7 Å². The summed E-state index contributed by atoms with van der Waals surface area (Å²) < 4.78 is 0.993. The molecule has 1 aromatic heterocycles. The standard InChI is InChI=1S/C26H22ClN3O2S/c1-2-17-10-12-20(13-11-17)29-16-18(14-24(29)31)25(32)30(21-7-5-6-19(27)15-21)26-28-22-8-3-4-9-23(22)33-26/h3-13,15,18H,2,14,16H2,1H3. The third-order valence-electron chi connectivity index (χ3n) is 5.89. The molecule has 0 N–H and O–H groups in total. The van der Waals surface area contributed by atoms with Gasteiger partial charge in [0.2, 0.25) is 11.8 Å². The number of hydrogen-bond acceptors (Lipinski definition) is 4. The van der Waals surface area contributed by atoms with Gasteiger partial charge in [0.15, 0.2) is 5.13 Å². The molecule has 1 atom stereocenters. The van der Waals surface area contributed by atoms with Gasteiger partial charge < -0.3 is 4.90 Å². The van der Waals surface area contributed by atoms with Crippen LogP contribution in [0, 0.1) is 5.92 Å². The minimum Gasteiger partial charge on any atom is -0.312 e. The van der Waals surface area contributed by atoms with E-state index < -0.39 is 5.92 Å². The molecule has 0 saturated carbocycles. The summed E-state index contributed by atoms with van der Waals surface area (Å²) in [6.45, 7) is 2.43. The molecule has 2 heterocycles. The van der Waals surface area contributed by atoms with Crippen molar-refractivity contribution in [2.24, 2.45) is 5.92 Å². The van der Waals surface area contributed by atoms with Crippen molar-refractivity contribution in [2.45, 2.75) is 19.8 Å². The number of hydrogen-bond donors (Lipinski definition) is 0. The molecular weight excluding hydrogens is 454 g/mol. The zero-order chi connectivity index (χ0) is 22.9. The number of carbonyl (C=O) groups is 2. The lowest BCUT2D eigenvalue weighted by molar-refractivity contribution is -0.123. The normalized spacial score (nSPS) is 15.9. The van der Waals surface area contributed by atoms with Crippen molar-refractivity contribution in [1.29, 1.82) is 0 Å². The highest BCUT2D eigenvalue weighted by Gasteiger charge is 2.39. The van der Waals surface area contributed by atoms with Crippen LogP contribution in [-0.2, 0) is 16.0 Å². The molecule has 5 rings (SSSR count). The molecule has 1 aliphatic rings. The van der Waals surface area contributed by atoms with E-state index in [1.54, 1.807) is 21.9 Å². The number of nitrogens with zero attached hydrogens (tertiary/aromatic N) is 3. The second kappa shape index (κ2) is 8.96. The van der Waals surface area contributed by atoms with E-state index in [2.05, 4.69) is 6.92 Å². The molecule has 1 unspecified atom stereocenters. The lowest BCUT2D eigenvalue weighted by Crippen LogP contribution is -2.34. The van der Waals surface area contributed by atoms with Crippen LogP contribution in [0.5, 0.6) is 0 Å². The van der Waals surface area contributed by atoms with Gasteiger partial charge in [0.25, 0.3) is 0 Å². The van der Waals surface area contributed by atoms with Crippen LogP contribution in [0.2, 0.25) is 5.02 Å². The number of aryl methyl sites for hydroxylation is 1. The molecule has 0 spiro atoms. The van der Waals surface area contributed by atoms with Crippen LogP contribution in [-0.4, -0.2) is 23.3 Å². The van der Waals surface area contributed by atoms with Crippen molar-refractivity contribution in [3.8, 4) is 0 Å². The first-order chi connectivity index (χ1) is 16.0. The van der Waals surface area contributed by atoms with Gasteiger partial charge in [-0.05, 0) is 54.4 Å². The Labute approximate surface area is 201 Å². The van der Waals surface area contributed by atoms with E-state index in [1.165, 1.54) is 16.9 Å². The molecule has 2 amide bonds. The molecule has 1 saturated heterocycles. The fourth-order valence-corrected chi connectivity index (χ4v) is 5.30. The van der Waals surface area contributed by atoms with E-state index in [0.717, 1.165) is 22.3 Å². The molecule has 33 heavy (non-hydrogen) atoms. The first-order valence-electron chi connectivity index (χ1n) is 10.9. The van der Waals surface area contributed by atoms with E-state index in [-0.39, 0.29) is 18.2 Å². The average molecular weight is 476 g/mol. The van der Waals surface area contributed by atoms with E-state index in [0.29, 0.717) is 22.4 Å². The van der Waals surface area contributed by atoms with Crippen molar-refractivity contribution in [1.82, 2.24) is 4.98 Å². The Morgan fingerprint density at radius 1 is 1.12 bits per heavy atom. The van der Waals surface area contributed by atoms with Gasteiger partial charge in [0.05, 0.1) is 21.8 Å². The predicted molar refractivity (Wildman–Crippen MR) is 134 cm³/mol. The van der Waals surface area contributed by atoms with Gasteiger partial charge in [-0.15, -0.1) is 0 Å². The number of thiazole rings is 1. The number of halogens is 1. The Bertz CT molecular complexity index is 1300. The molecule has 1 aliphatic heterocycles. The maximum Gasteiger partial charge on any atom is 0.238 e. The highest BCUT2D eigenvalue weighted by Crippen LogP contribution is 2.37. The van der Waals surface area contributed by atoms with Crippen molar-refractivity contribution >= 4 is 61.5 Å². The molecule has 3 aromatic carbocycles. The molecule has 1 fully saturated rings. The van der Waals surface area contributed by atoms with E-state index >= 15 is 0 Å². The molecule has 5 nitrogen and oxygen atoms in total. The molecule has 166 valence electrons. The fraction of sp³-hybridized carbons (Fsp3) is 0.192. The summed E-state index contributed by atoms with van der Waals surface area (Å²) in [5.41, 5.74) is 3.50. The molecule has 7 heteroatoms. The number of aromatic nitrogens is 1. The number of carbonyl (C=O) groups excluding carboxylic acids is 2. The first kappa shape index (κ1) is 21.6. The van der Waals surface area contributed by atoms with Gasteiger partial charge >= 0.3 is 0 Å². The summed E-state index contributed by atoms with van der Waals surface area (Å²) in [6, 6.07) is 22.9. The smallest absolute Gasteiger partial charge is 0.238 e. The summed E-state index contributed by atoms with van der Waals surface area (Å²) in [7, 11) is 0. The van der Waals surface area contributed by atoms with E-state index in [9.17, 15) is 9.59 Å². The van der Waals surface area contributed by atoms with E-state index in [1.807, 2.05) is 60.7 Å². The molecule has 4 aromatic rings. The summed E-state index contributed by atoms with van der Waals surface area (Å²) in [4.78, 5) is 34.7. The Hall–Kier alpha value is -3.22. The minimum absolute atomic E-state index is 0.0482. The first-order valence-corrected chi connectivity index (χ1v) is 12.1. The number of amides is 2. The van der Waals surface area contributed by atoms with Crippen LogP contribution in [0.1, 0.15) is 18.9 Å². The summed E-state index contributed by atoms with van der Waals surface area (Å²) in [5, 5.41) is 1.10. The van der Waals surface area contributed by atoms with Crippen LogP contribution >= 0.6 is 22.9 Å². The highest BCUT2D eigenvalue weighted by molar-refractivity contribution is 7.22. The number of benzene rings is 3. The SMILES string of the molecule is CCc1ccc(N2CC(C(=O)N(c3cccc(Cl)c3)c3nc4ccccc4s3)CC2=O)cc1. The zero-order valence-electron chi connectivity index (χ0n) is 18.1. The van der Waals surface area contributed by atoms with Crippen LogP contribution in [0.4, 0.5) is 16.5 Å². The van der Waals surface area contributed by atoms with Gasteiger partial charge in [-0.3, -0.25) is 14.5 Å². The molecule has 0 aliphatic carbocycles. The van der Waals surface area contributed by atoms with Gasteiger partial charge in [-0.2, -0.15) is 0 Å². The highest BCUT2D eigenvalue weighted by atomic mass is 35.5. The maximum atomic E-state index is 13.8. The number of para-hydroxylation sites is 1. The van der Waals surface area contributed by atoms with Gasteiger partial charge in [-0.25, -0.2) is 4.98 Å². The number of anilines is 3. The summed E-state index contributed by atoms with van der Waals surface area (Å²) in [5.74, 6) is -0.681. The largest absolute Gasteiger partial charge is 0.312 e. The van der Waals surface area contributed by atoms with Crippen LogP contribution in [0.3, 0.4) is 0 Å². The second-order valence-corrected chi connectivity index (χ2v) is 9.49. The lowest BCUT2D eigenvalue weighted by Gasteiger charge is -2.23. The molecular formula is C26H22ClN3O2S. The minimum atomic E-state index is -0.477. The second-order valence-electron chi connectivity index (χ2n) is 8.04. The predicted octanol–water partition coefficient (Wildman–Crippen LogP) is 6.23. The van der Waals surface area contributed by atoms with Gasteiger partial charge in [-0.1, -0.05) is 60.2 Å². The number of fused-ring (bicyclic) bond motifs is 1. The quantitative estimate of drug-likeness (QED) is 0.344. The topological polar surface area (TPSA) is 53.5 Å². The monoisotopic (exact) mass is 475 g/mol. The van der Waals surface area contributed by atoms with Crippen LogP contribution in [0.15, 0.2) is 72.8 Å². The summed E-state index contributed by atoms with van der Waals surface area (Å²) >= 11 is 7.70. The Morgan fingerprint density at radius 2 is 1.91 bits per heavy atom. The van der Waals surface area contributed by atoms with Crippen LogP contribution < -0.4 is 9.80 Å². The average Bonchev–Trinajstić information content (AvgIpc) is 3.43. The van der Waals surface area contributed by atoms with Crippen molar-refractivity contribution in [3.63, 3.8) is 0 Å². The molecule has 0 radical (unpaired) electrons. The van der Waals surface area contributed by atoms with Gasteiger partial charge in [0.1, 0.15) is 0 Å². The summed E-state index contributed by atoms with van der Waals surface area (Å²) in [6.07, 6.45) is 1.10. The van der Waals surface area contributed by atoms with Crippen LogP contribution in [0.25, 0.3) is 10.2 Å². The number of rotatable bonds is 5.